The first-order valence-electron chi connectivity index (χ1n) is 22.9. The predicted octanol–water partition coefficient (Wildman–Crippen LogP) is 5.24. The van der Waals surface area contributed by atoms with Gasteiger partial charge in [0.15, 0.2) is 17.0 Å². The molecule has 3 atom stereocenters. The number of rotatable bonds is 10. The van der Waals surface area contributed by atoms with Crippen LogP contribution in [0.15, 0.2) is 72.5 Å². The summed E-state index contributed by atoms with van der Waals surface area (Å²) in [5, 5.41) is 12.6. The minimum Gasteiger partial charge on any atom is -0.368 e. The van der Waals surface area contributed by atoms with Crippen molar-refractivity contribution in [3.8, 4) is 11.1 Å². The number of aryl methyl sites for hydroxylation is 2. The molecule has 11 rings (SSSR count). The fourth-order valence-corrected chi connectivity index (χ4v) is 11.0. The van der Waals surface area contributed by atoms with Crippen LogP contribution in [0.2, 0.25) is 0 Å². The van der Waals surface area contributed by atoms with Crippen LogP contribution in [0.5, 0.6) is 0 Å². The molecule has 3 unspecified atom stereocenters. The molecule has 5 aliphatic rings. The third kappa shape index (κ3) is 7.93. The SMILES string of the molecule is Cn1nc(N2CCC(=O)NC2=O)c2ccc(C3CCN(CC(=O)N4CCN(c5ccc(-c6cc(F)c7c(c6)C(=O)N(C(C(=O)Nc6nccs6)c6ncn8c6CCC8)C7)cc5)CC4)CC3F)cc21. The second kappa shape index (κ2) is 17.5. The van der Waals surface area contributed by atoms with E-state index >= 15 is 8.78 Å². The predicted molar refractivity (Wildman–Crippen MR) is 249 cm³/mol. The van der Waals surface area contributed by atoms with Crippen molar-refractivity contribution in [3.63, 3.8) is 0 Å². The number of benzene rings is 3. The summed E-state index contributed by atoms with van der Waals surface area (Å²) in [6, 6.07) is 14.9. The molecule has 3 aromatic carbocycles. The van der Waals surface area contributed by atoms with Crippen molar-refractivity contribution in [1.29, 1.82) is 0 Å². The molecule has 2 N–H and O–H groups in total. The molecule has 68 heavy (non-hydrogen) atoms. The number of imidazole rings is 1. The number of thiazole rings is 1. The second-order valence-electron chi connectivity index (χ2n) is 18.1. The molecule has 0 saturated carbocycles. The summed E-state index contributed by atoms with van der Waals surface area (Å²) in [6.45, 7) is 4.01. The number of fused-ring (bicyclic) bond motifs is 3. The first kappa shape index (κ1) is 43.5. The number of anilines is 3. The number of halogens is 2. The number of hydrogen-bond acceptors (Lipinski definition) is 11. The van der Waals surface area contributed by atoms with Crippen LogP contribution in [0.1, 0.15) is 64.1 Å². The number of piperazine rings is 1. The Labute approximate surface area is 393 Å². The molecule has 3 fully saturated rings. The summed E-state index contributed by atoms with van der Waals surface area (Å²) in [4.78, 5) is 83.3. The highest BCUT2D eigenvalue weighted by Gasteiger charge is 2.42. The fourth-order valence-electron chi connectivity index (χ4n) is 10.5. The van der Waals surface area contributed by atoms with Crippen LogP contribution in [-0.2, 0) is 40.9 Å². The lowest BCUT2D eigenvalue weighted by atomic mass is 9.87. The maximum Gasteiger partial charge on any atom is 0.329 e. The molecule has 20 heteroatoms. The normalized spacial score (nSPS) is 20.2. The number of aromatic nitrogens is 5. The Morgan fingerprint density at radius 2 is 1.76 bits per heavy atom. The number of likely N-dealkylation sites (tertiary alicyclic amines) is 1. The lowest BCUT2D eigenvalue weighted by Gasteiger charge is -2.39. The lowest BCUT2D eigenvalue weighted by molar-refractivity contribution is -0.133. The highest BCUT2D eigenvalue weighted by molar-refractivity contribution is 7.13. The smallest absolute Gasteiger partial charge is 0.329 e. The summed E-state index contributed by atoms with van der Waals surface area (Å²) in [5.74, 6) is -1.68. The van der Waals surface area contributed by atoms with E-state index < -0.39 is 35.9 Å². The Bertz CT molecular complexity index is 2990. The van der Waals surface area contributed by atoms with Crippen LogP contribution in [-0.4, -0.2) is 127 Å². The molecule has 0 spiro atoms. The van der Waals surface area contributed by atoms with E-state index in [1.165, 1.54) is 27.2 Å². The number of imide groups is 1. The number of hydrogen-bond donors (Lipinski definition) is 2. The van der Waals surface area contributed by atoms with E-state index in [2.05, 4.69) is 30.6 Å². The molecule has 8 heterocycles. The zero-order chi connectivity index (χ0) is 46.8. The van der Waals surface area contributed by atoms with Crippen molar-refractivity contribution in [1.82, 2.24) is 44.3 Å². The van der Waals surface area contributed by atoms with Gasteiger partial charge in [-0.25, -0.2) is 23.5 Å². The number of carbonyl (C=O) groups excluding carboxylic acids is 5. The van der Waals surface area contributed by atoms with Crippen molar-refractivity contribution < 1.29 is 32.8 Å². The summed E-state index contributed by atoms with van der Waals surface area (Å²) in [7, 11) is 1.78. The third-order valence-electron chi connectivity index (χ3n) is 14.1. The molecule has 5 aliphatic heterocycles. The number of nitrogens with zero attached hydrogens (tertiary/aromatic N) is 10. The van der Waals surface area contributed by atoms with Crippen LogP contribution in [0, 0.1) is 5.82 Å². The van der Waals surface area contributed by atoms with Crippen LogP contribution in [0.4, 0.5) is 30.2 Å². The standard InChI is InChI=1S/C48H48F2N12O5S/c1-56-39-23-29(6-9-33(39)44(55-56)61-15-11-40(63)53-48(61)67)32-10-14-57(25-37(32)50)26-41(64)59-18-16-58(17-19-59)31-7-4-28(5-8-31)30-21-34-35(36(49)22-30)24-62(46(34)66)43(45(65)54-47-51-12-20-68-47)42-38-3-2-13-60(38)27-52-42/h4-9,12,20-23,27,32,37,43H,2-3,10-11,13-19,24-26H2,1H3,(H,51,54,65)(H,53,63,67). The highest BCUT2D eigenvalue weighted by Crippen LogP contribution is 2.39. The van der Waals surface area contributed by atoms with Gasteiger partial charge in [-0.05, 0) is 78.9 Å². The highest BCUT2D eigenvalue weighted by atomic mass is 32.1. The van der Waals surface area contributed by atoms with Crippen molar-refractivity contribution >= 4 is 68.5 Å². The summed E-state index contributed by atoms with van der Waals surface area (Å²) < 4.78 is 35.5. The van der Waals surface area contributed by atoms with Gasteiger partial charge in [-0.3, -0.25) is 44.3 Å². The van der Waals surface area contributed by atoms with Gasteiger partial charge in [-0.2, -0.15) is 5.10 Å². The number of nitrogens with one attached hydrogen (secondary N) is 2. The molecule has 350 valence electrons. The van der Waals surface area contributed by atoms with E-state index in [0.717, 1.165) is 52.8 Å². The van der Waals surface area contributed by atoms with Gasteiger partial charge in [0.05, 0.1) is 30.6 Å². The Morgan fingerprint density at radius 3 is 2.53 bits per heavy atom. The number of alkyl halides is 1. The summed E-state index contributed by atoms with van der Waals surface area (Å²) >= 11 is 1.27. The van der Waals surface area contributed by atoms with Gasteiger partial charge in [0.2, 0.25) is 11.8 Å². The van der Waals surface area contributed by atoms with Crippen molar-refractivity contribution in [2.75, 3.05) is 67.5 Å². The van der Waals surface area contributed by atoms with Gasteiger partial charge in [-0.15, -0.1) is 11.3 Å². The molecule has 6 amide bonds. The molecule has 0 radical (unpaired) electrons. The van der Waals surface area contributed by atoms with Gasteiger partial charge in [0, 0.05) is 105 Å². The van der Waals surface area contributed by atoms with Crippen molar-refractivity contribution in [3.05, 3.63) is 106 Å². The zero-order valence-corrected chi connectivity index (χ0v) is 38.1. The monoisotopic (exact) mass is 942 g/mol. The van der Waals surface area contributed by atoms with E-state index in [0.29, 0.717) is 61.4 Å². The van der Waals surface area contributed by atoms with Crippen LogP contribution in [0.3, 0.4) is 0 Å². The average molecular weight is 943 g/mol. The van der Waals surface area contributed by atoms with E-state index in [9.17, 15) is 24.0 Å². The minimum absolute atomic E-state index is 0.0371. The molecule has 3 aromatic heterocycles. The topological polar surface area (TPSA) is 174 Å². The Balaban J connectivity index is 0.698. The van der Waals surface area contributed by atoms with E-state index in [1.807, 2.05) is 56.8 Å². The summed E-state index contributed by atoms with van der Waals surface area (Å²) in [5.41, 5.74) is 5.65. The Hall–Kier alpha value is -7.06. The van der Waals surface area contributed by atoms with E-state index in [-0.39, 0.29) is 61.5 Å². The third-order valence-corrected chi connectivity index (χ3v) is 14.8. The fraction of sp³-hybridized carbons (Fsp3) is 0.375. The number of piperidine rings is 1. The van der Waals surface area contributed by atoms with Crippen LogP contribution < -0.4 is 20.4 Å². The molecule has 17 nitrogen and oxygen atoms in total. The quantitative estimate of drug-likeness (QED) is 0.185. The van der Waals surface area contributed by atoms with Gasteiger partial charge < -0.3 is 19.3 Å². The largest absolute Gasteiger partial charge is 0.368 e. The maximum absolute atomic E-state index is 16.0. The Kier molecular flexibility index (Phi) is 11.2. The molecule has 0 bridgehead atoms. The first-order valence-corrected chi connectivity index (χ1v) is 23.8. The Morgan fingerprint density at radius 1 is 0.941 bits per heavy atom. The number of urea groups is 1. The number of carbonyl (C=O) groups is 5. The van der Waals surface area contributed by atoms with E-state index in [4.69, 9.17) is 0 Å². The van der Waals surface area contributed by atoms with Gasteiger partial charge in [-0.1, -0.05) is 18.2 Å². The average Bonchev–Trinajstić information content (AvgIpc) is 4.20. The molecular formula is C48H48F2N12O5S. The van der Waals surface area contributed by atoms with Crippen molar-refractivity contribution in [2.24, 2.45) is 7.05 Å². The van der Waals surface area contributed by atoms with E-state index in [1.54, 1.807) is 35.7 Å². The van der Waals surface area contributed by atoms with Crippen LogP contribution in [0.25, 0.3) is 22.0 Å². The van der Waals surface area contributed by atoms with Gasteiger partial charge in [0.1, 0.15) is 12.0 Å². The zero-order valence-electron chi connectivity index (χ0n) is 37.2. The summed E-state index contributed by atoms with van der Waals surface area (Å²) in [6.07, 6.45) is 4.46. The van der Waals surface area contributed by atoms with Crippen LogP contribution >= 0.6 is 11.3 Å². The molecular weight excluding hydrogens is 895 g/mol. The molecule has 3 saturated heterocycles. The maximum atomic E-state index is 16.0. The molecule has 0 aliphatic carbocycles. The lowest BCUT2D eigenvalue weighted by Crippen LogP contribution is -2.52. The number of amides is 6. The van der Waals surface area contributed by atoms with Crippen molar-refractivity contribution in [2.45, 2.75) is 56.9 Å². The minimum atomic E-state index is -1.18. The van der Waals surface area contributed by atoms with Gasteiger partial charge >= 0.3 is 6.03 Å². The second-order valence-corrected chi connectivity index (χ2v) is 19.0. The van der Waals surface area contributed by atoms with Gasteiger partial charge in [0.25, 0.3) is 11.8 Å². The first-order chi connectivity index (χ1) is 33.0. The molecule has 6 aromatic rings.